The predicted molar refractivity (Wildman–Crippen MR) is 93.4 cm³/mol. The van der Waals surface area contributed by atoms with Crippen molar-refractivity contribution in [2.75, 3.05) is 19.7 Å². The summed E-state index contributed by atoms with van der Waals surface area (Å²) in [6, 6.07) is 0.570. The highest BCUT2D eigenvalue weighted by Crippen LogP contribution is 2.26. The normalized spacial score (nSPS) is 19.0. The van der Waals surface area contributed by atoms with Gasteiger partial charge < -0.3 is 4.74 Å². The van der Waals surface area contributed by atoms with Crippen LogP contribution in [0.1, 0.15) is 29.8 Å². The van der Waals surface area contributed by atoms with E-state index in [-0.39, 0.29) is 5.92 Å². The second kappa shape index (κ2) is 7.67. The maximum Gasteiger partial charge on any atom is 0.433 e. The number of nitrogens with zero attached hydrogens (tertiary/aromatic N) is 5. The van der Waals surface area contributed by atoms with Crippen LogP contribution in [0.4, 0.5) is 13.2 Å². The molecule has 2 aliphatic rings. The molecule has 0 atom stereocenters. The molecule has 0 saturated carbocycles. The summed E-state index contributed by atoms with van der Waals surface area (Å²) < 4.78 is 46.7. The van der Waals surface area contributed by atoms with Crippen molar-refractivity contribution in [1.29, 1.82) is 0 Å². The second-order valence-corrected chi connectivity index (χ2v) is 7.37. The average Bonchev–Trinajstić information content (AvgIpc) is 3.07. The lowest BCUT2D eigenvalue weighted by atomic mass is 9.96. The van der Waals surface area contributed by atoms with E-state index in [1.165, 1.54) is 10.1 Å². The first kappa shape index (κ1) is 19.1. The first-order chi connectivity index (χ1) is 13.4. The minimum Gasteiger partial charge on any atom is -0.373 e. The highest BCUT2D eigenvalue weighted by molar-refractivity contribution is 5.18. The fraction of sp³-hybridized carbons (Fsp3) is 0.611. The molecule has 0 radical (unpaired) electrons. The van der Waals surface area contributed by atoms with Crippen LogP contribution in [-0.4, -0.2) is 43.9 Å². The maximum atomic E-state index is 12.6. The van der Waals surface area contributed by atoms with Crippen LogP contribution in [0.3, 0.4) is 0 Å². The van der Waals surface area contributed by atoms with Gasteiger partial charge >= 0.3 is 6.18 Å². The van der Waals surface area contributed by atoms with Gasteiger partial charge in [0.05, 0.1) is 38.0 Å². The summed E-state index contributed by atoms with van der Waals surface area (Å²) in [5.74, 6) is 0.247. The van der Waals surface area contributed by atoms with Crippen molar-refractivity contribution in [3.8, 4) is 0 Å². The number of aromatic nitrogens is 4. The monoisotopic (exact) mass is 397 g/mol. The van der Waals surface area contributed by atoms with Gasteiger partial charge in [0.15, 0.2) is 5.69 Å². The lowest BCUT2D eigenvalue weighted by Gasteiger charge is -2.32. The molecule has 1 fully saturated rings. The fourth-order valence-corrected chi connectivity index (χ4v) is 3.83. The van der Waals surface area contributed by atoms with Crippen molar-refractivity contribution in [2.45, 2.75) is 45.3 Å². The largest absolute Gasteiger partial charge is 0.433 e. The molecule has 0 amide bonds. The summed E-state index contributed by atoms with van der Waals surface area (Å²) in [6.07, 6.45) is 0.0862. The molecule has 152 valence electrons. The first-order valence-electron chi connectivity index (χ1n) is 9.37. The SMILES string of the molecule is O=c1cc(C(F)(F)F)ncn1CC1CCN(Cc2cnn3c2COCC3)CC1. The molecular weight excluding hydrogens is 375 g/mol. The fourth-order valence-electron chi connectivity index (χ4n) is 3.83. The lowest BCUT2D eigenvalue weighted by molar-refractivity contribution is -0.141. The second-order valence-electron chi connectivity index (χ2n) is 7.37. The summed E-state index contributed by atoms with van der Waals surface area (Å²) in [7, 11) is 0. The van der Waals surface area contributed by atoms with E-state index in [1.54, 1.807) is 0 Å². The smallest absolute Gasteiger partial charge is 0.373 e. The number of likely N-dealkylation sites (tertiary alicyclic amines) is 1. The third-order valence-corrected chi connectivity index (χ3v) is 5.45. The van der Waals surface area contributed by atoms with E-state index in [9.17, 15) is 18.0 Å². The van der Waals surface area contributed by atoms with Gasteiger partial charge in [0.1, 0.15) is 0 Å². The Morgan fingerprint density at radius 2 is 2.00 bits per heavy atom. The molecule has 2 aromatic rings. The zero-order chi connectivity index (χ0) is 19.7. The summed E-state index contributed by atoms with van der Waals surface area (Å²) in [5, 5.41) is 4.41. The third-order valence-electron chi connectivity index (χ3n) is 5.45. The molecule has 10 heteroatoms. The van der Waals surface area contributed by atoms with Crippen molar-refractivity contribution >= 4 is 0 Å². The Bertz CT molecular complexity index is 884. The van der Waals surface area contributed by atoms with Gasteiger partial charge in [0.2, 0.25) is 0 Å². The van der Waals surface area contributed by atoms with Crippen LogP contribution >= 0.6 is 0 Å². The number of piperidine rings is 1. The minimum atomic E-state index is -4.60. The van der Waals surface area contributed by atoms with Crippen LogP contribution in [0.25, 0.3) is 0 Å². The van der Waals surface area contributed by atoms with Gasteiger partial charge in [-0.3, -0.25) is 18.9 Å². The van der Waals surface area contributed by atoms with Gasteiger partial charge in [-0.25, -0.2) is 4.98 Å². The molecule has 0 bridgehead atoms. The minimum absolute atomic E-state index is 0.247. The van der Waals surface area contributed by atoms with Gasteiger partial charge in [-0.1, -0.05) is 0 Å². The quantitative estimate of drug-likeness (QED) is 0.789. The Morgan fingerprint density at radius 3 is 2.71 bits per heavy atom. The Hall–Kier alpha value is -2.20. The molecule has 4 heterocycles. The van der Waals surface area contributed by atoms with E-state index >= 15 is 0 Å². The number of hydrogen-bond donors (Lipinski definition) is 0. The molecule has 0 spiro atoms. The van der Waals surface area contributed by atoms with Crippen molar-refractivity contribution in [2.24, 2.45) is 5.92 Å². The molecule has 0 N–H and O–H groups in total. The highest BCUT2D eigenvalue weighted by atomic mass is 19.4. The summed E-state index contributed by atoms with van der Waals surface area (Å²) >= 11 is 0. The Labute approximate surface area is 159 Å². The van der Waals surface area contributed by atoms with Gasteiger partial charge in [-0.2, -0.15) is 18.3 Å². The van der Waals surface area contributed by atoms with E-state index in [0.29, 0.717) is 25.8 Å². The Kier molecular flexibility index (Phi) is 5.24. The molecule has 2 aliphatic heterocycles. The lowest BCUT2D eigenvalue weighted by Crippen LogP contribution is -2.36. The van der Waals surface area contributed by atoms with Crippen LogP contribution in [0.15, 0.2) is 23.4 Å². The average molecular weight is 397 g/mol. The van der Waals surface area contributed by atoms with Crippen molar-refractivity contribution in [3.05, 3.63) is 45.9 Å². The van der Waals surface area contributed by atoms with Crippen LogP contribution < -0.4 is 5.56 Å². The standard InChI is InChI=1S/C18H22F3N5O2/c19-18(20,21)16-7-17(27)25(12-22-16)9-13-1-3-24(4-2-13)10-14-8-23-26-5-6-28-11-15(14)26/h7-8,12-13H,1-6,9-11H2. The van der Waals surface area contributed by atoms with Crippen molar-refractivity contribution < 1.29 is 17.9 Å². The van der Waals surface area contributed by atoms with Crippen LogP contribution in [0, 0.1) is 5.92 Å². The van der Waals surface area contributed by atoms with Crippen molar-refractivity contribution in [3.63, 3.8) is 0 Å². The molecule has 4 rings (SSSR count). The Balaban J connectivity index is 1.32. The van der Waals surface area contributed by atoms with E-state index in [4.69, 9.17) is 4.74 Å². The number of hydrogen-bond acceptors (Lipinski definition) is 5. The molecule has 7 nitrogen and oxygen atoms in total. The van der Waals surface area contributed by atoms with E-state index in [0.717, 1.165) is 51.0 Å². The molecule has 1 saturated heterocycles. The third kappa shape index (κ3) is 4.12. The predicted octanol–water partition coefficient (Wildman–Crippen LogP) is 1.90. The molecule has 28 heavy (non-hydrogen) atoms. The summed E-state index contributed by atoms with van der Waals surface area (Å²) in [4.78, 5) is 17.7. The van der Waals surface area contributed by atoms with Crippen molar-refractivity contribution in [1.82, 2.24) is 24.2 Å². The molecular formula is C18H22F3N5O2. The van der Waals surface area contributed by atoms with Crippen LogP contribution in [0.5, 0.6) is 0 Å². The van der Waals surface area contributed by atoms with Crippen LogP contribution in [-0.2, 0) is 37.2 Å². The molecule has 0 aliphatic carbocycles. The summed E-state index contributed by atoms with van der Waals surface area (Å²) in [5.41, 5.74) is 0.519. The maximum absolute atomic E-state index is 12.6. The van der Waals surface area contributed by atoms with Gasteiger partial charge in [-0.05, 0) is 31.8 Å². The number of halogens is 3. The van der Waals surface area contributed by atoms with E-state index in [1.807, 2.05) is 10.9 Å². The van der Waals surface area contributed by atoms with Gasteiger partial charge in [0, 0.05) is 24.7 Å². The topological polar surface area (TPSA) is 65.2 Å². The zero-order valence-electron chi connectivity index (χ0n) is 15.4. The highest BCUT2D eigenvalue weighted by Gasteiger charge is 2.33. The van der Waals surface area contributed by atoms with E-state index in [2.05, 4.69) is 15.0 Å². The van der Waals surface area contributed by atoms with Gasteiger partial charge in [0.25, 0.3) is 5.56 Å². The zero-order valence-corrected chi connectivity index (χ0v) is 15.4. The molecule has 2 aromatic heterocycles. The number of ether oxygens (including phenoxy) is 1. The summed E-state index contributed by atoms with van der Waals surface area (Å²) in [6.45, 7) is 5.03. The number of fused-ring (bicyclic) bond motifs is 1. The number of rotatable bonds is 4. The Morgan fingerprint density at radius 1 is 1.21 bits per heavy atom. The molecule has 0 aromatic carbocycles. The molecule has 0 unspecified atom stereocenters. The first-order valence-corrected chi connectivity index (χ1v) is 9.37. The van der Waals surface area contributed by atoms with Gasteiger partial charge in [-0.15, -0.1) is 0 Å². The van der Waals surface area contributed by atoms with Crippen LogP contribution in [0.2, 0.25) is 0 Å². The van der Waals surface area contributed by atoms with E-state index < -0.39 is 17.4 Å². The number of alkyl halides is 3.